The molecule has 1 aromatic rings. The molecule has 1 aliphatic carbocycles. The number of aromatic nitrogens is 2. The molecule has 2 fully saturated rings. The highest BCUT2D eigenvalue weighted by molar-refractivity contribution is 5.80. The van der Waals surface area contributed by atoms with E-state index >= 15 is 0 Å². The van der Waals surface area contributed by atoms with Crippen molar-refractivity contribution in [2.75, 3.05) is 13.1 Å². The zero-order valence-corrected chi connectivity index (χ0v) is 11.4. The van der Waals surface area contributed by atoms with E-state index in [0.29, 0.717) is 6.04 Å². The minimum Gasteiger partial charge on any atom is -0.352 e. The van der Waals surface area contributed by atoms with Gasteiger partial charge in [0.25, 0.3) is 0 Å². The lowest BCUT2D eigenvalue weighted by molar-refractivity contribution is -0.125. The Morgan fingerprint density at radius 1 is 1.42 bits per heavy atom. The molecule has 0 aromatic carbocycles. The second-order valence-corrected chi connectivity index (χ2v) is 5.86. The van der Waals surface area contributed by atoms with Crippen molar-refractivity contribution in [2.24, 2.45) is 11.8 Å². The quantitative estimate of drug-likeness (QED) is 0.852. The van der Waals surface area contributed by atoms with Gasteiger partial charge in [0.15, 0.2) is 0 Å². The summed E-state index contributed by atoms with van der Waals surface area (Å²) in [6.45, 7) is 4.17. The van der Waals surface area contributed by atoms with Crippen LogP contribution in [-0.4, -0.2) is 34.8 Å². The molecule has 1 aliphatic heterocycles. The minimum atomic E-state index is -0.227. The molecule has 5 heteroatoms. The van der Waals surface area contributed by atoms with Gasteiger partial charge in [0.1, 0.15) is 6.04 Å². The molecule has 1 saturated heterocycles. The third-order valence-electron chi connectivity index (χ3n) is 4.60. The number of nitrogens with one attached hydrogen (secondary N) is 2. The lowest BCUT2D eigenvalue weighted by Crippen LogP contribution is -2.43. The average Bonchev–Trinajstić information content (AvgIpc) is 3.08. The molecule has 4 atom stereocenters. The maximum absolute atomic E-state index is 12.2. The minimum absolute atomic E-state index is 0.0816. The van der Waals surface area contributed by atoms with E-state index in [2.05, 4.69) is 15.7 Å². The Morgan fingerprint density at radius 2 is 2.26 bits per heavy atom. The highest BCUT2D eigenvalue weighted by Gasteiger charge is 2.34. The average molecular weight is 262 g/mol. The number of hydrogen-bond acceptors (Lipinski definition) is 3. The topological polar surface area (TPSA) is 59.0 Å². The predicted molar refractivity (Wildman–Crippen MR) is 72.6 cm³/mol. The molecule has 0 bridgehead atoms. The molecule has 1 amide bonds. The fourth-order valence-electron chi connectivity index (χ4n) is 3.38. The van der Waals surface area contributed by atoms with Crippen LogP contribution in [0.5, 0.6) is 0 Å². The molecule has 2 heterocycles. The van der Waals surface area contributed by atoms with Gasteiger partial charge in [0.05, 0.1) is 0 Å². The maximum atomic E-state index is 12.2. The van der Waals surface area contributed by atoms with E-state index in [-0.39, 0.29) is 11.9 Å². The number of fused-ring (bicyclic) bond motifs is 1. The monoisotopic (exact) mass is 262 g/mol. The summed E-state index contributed by atoms with van der Waals surface area (Å²) in [4.78, 5) is 12.2. The number of carbonyl (C=O) groups is 1. The number of amides is 1. The van der Waals surface area contributed by atoms with Crippen LogP contribution in [0.25, 0.3) is 0 Å². The van der Waals surface area contributed by atoms with Crippen LogP contribution in [0.1, 0.15) is 32.2 Å². The first-order valence-electron chi connectivity index (χ1n) is 7.24. The second-order valence-electron chi connectivity index (χ2n) is 5.86. The zero-order valence-electron chi connectivity index (χ0n) is 11.4. The van der Waals surface area contributed by atoms with Gasteiger partial charge in [0.2, 0.25) is 5.91 Å². The van der Waals surface area contributed by atoms with Crippen LogP contribution in [0.4, 0.5) is 0 Å². The lowest BCUT2D eigenvalue weighted by Gasteiger charge is -2.32. The maximum Gasteiger partial charge on any atom is 0.244 e. The molecular weight excluding hydrogens is 240 g/mol. The standard InChI is InChI=1S/C14H22N4O/c1-10(18-6-2-5-16-18)14(19)17-13-4-3-11-8-15-9-12(11)7-13/h2,5-6,10-13,15H,3-4,7-9H2,1H3,(H,17,19)/t10?,11-,12+,13?/m0/s1. The fraction of sp³-hybridized carbons (Fsp3) is 0.714. The van der Waals surface area contributed by atoms with E-state index < -0.39 is 0 Å². The molecule has 0 spiro atoms. The molecule has 2 N–H and O–H groups in total. The SMILES string of the molecule is CC(C(=O)NC1CC[C@H]2CNC[C@H]2C1)n1cccn1. The van der Waals surface area contributed by atoms with Crippen LogP contribution in [-0.2, 0) is 4.79 Å². The largest absolute Gasteiger partial charge is 0.352 e. The van der Waals surface area contributed by atoms with Gasteiger partial charge in [-0.1, -0.05) is 0 Å². The molecular formula is C14H22N4O. The number of nitrogens with zero attached hydrogens (tertiary/aromatic N) is 2. The molecule has 1 saturated carbocycles. The summed E-state index contributed by atoms with van der Waals surface area (Å²) in [6.07, 6.45) is 7.01. The molecule has 104 valence electrons. The van der Waals surface area contributed by atoms with Gasteiger partial charge in [-0.15, -0.1) is 0 Å². The molecule has 1 aromatic heterocycles. The molecule has 19 heavy (non-hydrogen) atoms. The van der Waals surface area contributed by atoms with Crippen molar-refractivity contribution in [3.8, 4) is 0 Å². The summed E-state index contributed by atoms with van der Waals surface area (Å²) >= 11 is 0. The zero-order chi connectivity index (χ0) is 13.2. The Hall–Kier alpha value is -1.36. The van der Waals surface area contributed by atoms with Crippen molar-refractivity contribution in [2.45, 2.75) is 38.3 Å². The molecule has 3 rings (SSSR count). The Bertz CT molecular complexity index is 431. The molecule has 2 unspecified atom stereocenters. The summed E-state index contributed by atoms with van der Waals surface area (Å²) in [7, 11) is 0. The van der Waals surface area contributed by atoms with Gasteiger partial charge >= 0.3 is 0 Å². The van der Waals surface area contributed by atoms with Crippen molar-refractivity contribution in [1.82, 2.24) is 20.4 Å². The third kappa shape index (κ3) is 2.66. The summed E-state index contributed by atoms with van der Waals surface area (Å²) in [5.41, 5.74) is 0. The summed E-state index contributed by atoms with van der Waals surface area (Å²) in [5.74, 6) is 1.66. The van der Waals surface area contributed by atoms with Crippen molar-refractivity contribution >= 4 is 5.91 Å². The molecule has 2 aliphatic rings. The number of hydrogen-bond donors (Lipinski definition) is 2. The van der Waals surface area contributed by atoms with Gasteiger partial charge in [-0.3, -0.25) is 9.48 Å². The van der Waals surface area contributed by atoms with Crippen molar-refractivity contribution < 1.29 is 4.79 Å². The first-order chi connectivity index (χ1) is 9.24. The van der Waals surface area contributed by atoms with Gasteiger partial charge in [-0.25, -0.2) is 0 Å². The van der Waals surface area contributed by atoms with Gasteiger partial charge in [-0.2, -0.15) is 5.10 Å². The van der Waals surface area contributed by atoms with Crippen LogP contribution in [0.2, 0.25) is 0 Å². The van der Waals surface area contributed by atoms with Crippen LogP contribution in [0.3, 0.4) is 0 Å². The van der Waals surface area contributed by atoms with E-state index in [9.17, 15) is 4.79 Å². The van der Waals surface area contributed by atoms with Gasteiger partial charge in [-0.05, 0) is 57.2 Å². The summed E-state index contributed by atoms with van der Waals surface area (Å²) in [5, 5.41) is 10.8. The van der Waals surface area contributed by atoms with E-state index in [0.717, 1.165) is 37.8 Å². The molecule has 5 nitrogen and oxygen atoms in total. The number of carbonyl (C=O) groups excluding carboxylic acids is 1. The highest BCUT2D eigenvalue weighted by atomic mass is 16.2. The first-order valence-corrected chi connectivity index (χ1v) is 7.24. The first kappa shape index (κ1) is 12.7. The fourth-order valence-corrected chi connectivity index (χ4v) is 3.38. The van der Waals surface area contributed by atoms with Gasteiger partial charge in [0, 0.05) is 18.4 Å². The molecule has 0 radical (unpaired) electrons. The van der Waals surface area contributed by atoms with Crippen molar-refractivity contribution in [3.63, 3.8) is 0 Å². The van der Waals surface area contributed by atoms with Crippen LogP contribution in [0.15, 0.2) is 18.5 Å². The second kappa shape index (κ2) is 5.33. The Labute approximate surface area is 113 Å². The Morgan fingerprint density at radius 3 is 3.05 bits per heavy atom. The van der Waals surface area contributed by atoms with E-state index in [1.54, 1.807) is 10.9 Å². The van der Waals surface area contributed by atoms with E-state index in [1.165, 1.54) is 6.42 Å². The predicted octanol–water partition coefficient (Wildman–Crippen LogP) is 0.948. The number of rotatable bonds is 3. The summed E-state index contributed by atoms with van der Waals surface area (Å²) < 4.78 is 1.71. The van der Waals surface area contributed by atoms with Crippen LogP contribution in [0, 0.1) is 11.8 Å². The van der Waals surface area contributed by atoms with Crippen LogP contribution < -0.4 is 10.6 Å². The van der Waals surface area contributed by atoms with Crippen LogP contribution >= 0.6 is 0 Å². The van der Waals surface area contributed by atoms with Crippen molar-refractivity contribution in [1.29, 1.82) is 0 Å². The lowest BCUT2D eigenvalue weighted by atomic mass is 9.79. The van der Waals surface area contributed by atoms with E-state index in [1.807, 2.05) is 19.2 Å². The summed E-state index contributed by atoms with van der Waals surface area (Å²) in [6, 6.07) is 1.96. The Kier molecular flexibility index (Phi) is 3.55. The van der Waals surface area contributed by atoms with Gasteiger partial charge < -0.3 is 10.6 Å². The normalized spacial score (nSPS) is 31.7. The smallest absolute Gasteiger partial charge is 0.244 e. The Balaban J connectivity index is 1.55. The van der Waals surface area contributed by atoms with E-state index in [4.69, 9.17) is 0 Å². The third-order valence-corrected chi connectivity index (χ3v) is 4.60. The van der Waals surface area contributed by atoms with Crippen molar-refractivity contribution in [3.05, 3.63) is 18.5 Å². The highest BCUT2D eigenvalue weighted by Crippen LogP contribution is 2.32.